The molecule has 1 aliphatic carbocycles. The SMILES string of the molecule is CC(=O)C1C(O)C1(O)CC(O)CO. The van der Waals surface area contributed by atoms with Crippen LogP contribution in [0.2, 0.25) is 0 Å². The minimum atomic E-state index is -1.53. The number of ketones is 1. The van der Waals surface area contributed by atoms with E-state index in [9.17, 15) is 15.0 Å². The number of aliphatic hydroxyl groups is 4. The first kappa shape index (κ1) is 10.6. The fraction of sp³-hybridized carbons (Fsp3) is 0.875. The molecule has 0 radical (unpaired) electrons. The lowest BCUT2D eigenvalue weighted by atomic mass is 10.1. The highest BCUT2D eigenvalue weighted by atomic mass is 16.4. The Morgan fingerprint density at radius 3 is 2.46 bits per heavy atom. The van der Waals surface area contributed by atoms with Crippen molar-refractivity contribution >= 4 is 5.78 Å². The molecule has 0 amide bonds. The standard InChI is InChI=1S/C8H14O5/c1-4(10)6-7(12)8(6,13)2-5(11)3-9/h5-7,9,11-13H,2-3H2,1H3. The molecule has 0 aromatic rings. The van der Waals surface area contributed by atoms with Gasteiger partial charge in [0.15, 0.2) is 0 Å². The van der Waals surface area contributed by atoms with Crippen molar-refractivity contribution in [3.63, 3.8) is 0 Å². The molecule has 4 unspecified atom stereocenters. The number of Topliss-reactive ketones (excluding diaryl/α,β-unsaturated/α-hetero) is 1. The molecule has 0 aromatic heterocycles. The van der Waals surface area contributed by atoms with Gasteiger partial charge in [-0.05, 0) is 6.92 Å². The van der Waals surface area contributed by atoms with E-state index in [4.69, 9.17) is 10.2 Å². The van der Waals surface area contributed by atoms with Gasteiger partial charge in [0.05, 0.1) is 24.7 Å². The molecule has 1 saturated carbocycles. The molecule has 1 aliphatic rings. The van der Waals surface area contributed by atoms with Crippen LogP contribution in [0.4, 0.5) is 0 Å². The zero-order chi connectivity index (χ0) is 10.2. The molecule has 13 heavy (non-hydrogen) atoms. The largest absolute Gasteiger partial charge is 0.394 e. The number of hydrogen-bond acceptors (Lipinski definition) is 5. The monoisotopic (exact) mass is 190 g/mol. The predicted octanol–water partition coefficient (Wildman–Crippen LogP) is -1.96. The Bertz CT molecular complexity index is 217. The van der Waals surface area contributed by atoms with Crippen LogP contribution in [0, 0.1) is 5.92 Å². The Labute approximate surface area is 75.6 Å². The third kappa shape index (κ3) is 1.73. The van der Waals surface area contributed by atoms with E-state index in [0.717, 1.165) is 0 Å². The van der Waals surface area contributed by atoms with Crippen LogP contribution in [0.1, 0.15) is 13.3 Å². The van der Waals surface area contributed by atoms with Gasteiger partial charge in [0.1, 0.15) is 11.4 Å². The molecule has 0 saturated heterocycles. The van der Waals surface area contributed by atoms with E-state index in [0.29, 0.717) is 0 Å². The van der Waals surface area contributed by atoms with E-state index in [1.807, 2.05) is 0 Å². The summed E-state index contributed by atoms with van der Waals surface area (Å²) in [6, 6.07) is 0. The minimum Gasteiger partial charge on any atom is -0.394 e. The molecule has 0 bridgehead atoms. The van der Waals surface area contributed by atoms with E-state index in [2.05, 4.69) is 0 Å². The third-order valence-corrected chi connectivity index (χ3v) is 2.47. The summed E-state index contributed by atoms with van der Waals surface area (Å²) in [5, 5.41) is 36.3. The summed E-state index contributed by atoms with van der Waals surface area (Å²) in [7, 11) is 0. The summed E-state index contributed by atoms with van der Waals surface area (Å²) >= 11 is 0. The van der Waals surface area contributed by atoms with Crippen molar-refractivity contribution in [3.8, 4) is 0 Å². The average molecular weight is 190 g/mol. The first-order valence-electron chi connectivity index (χ1n) is 4.13. The van der Waals surface area contributed by atoms with Gasteiger partial charge in [0.25, 0.3) is 0 Å². The number of rotatable bonds is 4. The van der Waals surface area contributed by atoms with Gasteiger partial charge in [-0.1, -0.05) is 0 Å². The second-order valence-electron chi connectivity index (χ2n) is 3.56. The van der Waals surface area contributed by atoms with Crippen LogP contribution in [-0.2, 0) is 4.79 Å². The average Bonchev–Trinajstić information content (AvgIpc) is 2.53. The zero-order valence-electron chi connectivity index (χ0n) is 7.34. The normalized spacial score (nSPS) is 40.1. The summed E-state index contributed by atoms with van der Waals surface area (Å²) in [6.07, 6.45) is -2.37. The van der Waals surface area contributed by atoms with Crippen LogP contribution in [0.25, 0.3) is 0 Å². The first-order chi connectivity index (χ1) is 5.93. The van der Waals surface area contributed by atoms with E-state index < -0.39 is 30.3 Å². The van der Waals surface area contributed by atoms with Crippen LogP contribution >= 0.6 is 0 Å². The Kier molecular flexibility index (Phi) is 2.72. The summed E-state index contributed by atoms with van der Waals surface area (Å²) in [5.41, 5.74) is -1.53. The molecule has 0 spiro atoms. The van der Waals surface area contributed by atoms with E-state index >= 15 is 0 Å². The molecule has 4 atom stereocenters. The van der Waals surface area contributed by atoms with Crippen LogP contribution < -0.4 is 0 Å². The lowest BCUT2D eigenvalue weighted by Gasteiger charge is -2.12. The number of carbonyl (C=O) groups excluding carboxylic acids is 1. The number of carbonyl (C=O) groups is 1. The lowest BCUT2D eigenvalue weighted by molar-refractivity contribution is -0.120. The highest BCUT2D eigenvalue weighted by molar-refractivity contribution is 5.84. The van der Waals surface area contributed by atoms with E-state index in [1.165, 1.54) is 6.92 Å². The molecule has 5 nitrogen and oxygen atoms in total. The van der Waals surface area contributed by atoms with Gasteiger partial charge in [-0.25, -0.2) is 0 Å². The van der Waals surface area contributed by atoms with Gasteiger partial charge < -0.3 is 20.4 Å². The number of hydrogen-bond donors (Lipinski definition) is 4. The smallest absolute Gasteiger partial charge is 0.138 e. The van der Waals surface area contributed by atoms with Crippen LogP contribution in [0.5, 0.6) is 0 Å². The topological polar surface area (TPSA) is 98.0 Å². The highest BCUT2D eigenvalue weighted by Gasteiger charge is 2.66. The maximum absolute atomic E-state index is 10.8. The van der Waals surface area contributed by atoms with Gasteiger partial charge >= 0.3 is 0 Å². The molecule has 1 rings (SSSR count). The van der Waals surface area contributed by atoms with Crippen molar-refractivity contribution in [1.82, 2.24) is 0 Å². The van der Waals surface area contributed by atoms with Gasteiger partial charge in [-0.2, -0.15) is 0 Å². The summed E-state index contributed by atoms with van der Waals surface area (Å²) in [6.45, 7) is 0.789. The Morgan fingerprint density at radius 1 is 1.62 bits per heavy atom. The predicted molar refractivity (Wildman–Crippen MR) is 42.8 cm³/mol. The molecular formula is C8H14O5. The summed E-state index contributed by atoms with van der Waals surface area (Å²) < 4.78 is 0. The molecular weight excluding hydrogens is 176 g/mol. The molecule has 0 heterocycles. The Balaban J connectivity index is 2.55. The maximum Gasteiger partial charge on any atom is 0.138 e. The van der Waals surface area contributed by atoms with Crippen LogP contribution in [0.3, 0.4) is 0 Å². The van der Waals surface area contributed by atoms with Crippen molar-refractivity contribution in [1.29, 1.82) is 0 Å². The van der Waals surface area contributed by atoms with Crippen LogP contribution in [0.15, 0.2) is 0 Å². The Morgan fingerprint density at radius 2 is 2.15 bits per heavy atom. The van der Waals surface area contributed by atoms with Crippen molar-refractivity contribution in [2.24, 2.45) is 5.92 Å². The lowest BCUT2D eigenvalue weighted by Crippen LogP contribution is -2.26. The second kappa shape index (κ2) is 3.34. The summed E-state index contributed by atoms with van der Waals surface area (Å²) in [4.78, 5) is 10.8. The first-order valence-corrected chi connectivity index (χ1v) is 4.13. The molecule has 0 aliphatic heterocycles. The fourth-order valence-electron chi connectivity index (χ4n) is 1.67. The summed E-state index contributed by atoms with van der Waals surface area (Å²) in [5.74, 6) is -1.12. The second-order valence-corrected chi connectivity index (χ2v) is 3.56. The third-order valence-electron chi connectivity index (χ3n) is 2.47. The Hall–Kier alpha value is -0.490. The molecule has 4 N–H and O–H groups in total. The quantitative estimate of drug-likeness (QED) is 0.412. The van der Waals surface area contributed by atoms with Crippen molar-refractivity contribution in [2.75, 3.05) is 6.61 Å². The molecule has 0 aromatic carbocycles. The fourth-order valence-corrected chi connectivity index (χ4v) is 1.67. The van der Waals surface area contributed by atoms with Gasteiger partial charge in [0, 0.05) is 6.42 Å². The maximum atomic E-state index is 10.8. The zero-order valence-corrected chi connectivity index (χ0v) is 7.34. The van der Waals surface area contributed by atoms with Crippen molar-refractivity contribution < 1.29 is 25.2 Å². The molecule has 1 fully saturated rings. The molecule has 5 heteroatoms. The van der Waals surface area contributed by atoms with Gasteiger partial charge in [-0.3, -0.25) is 4.79 Å². The van der Waals surface area contributed by atoms with Gasteiger partial charge in [-0.15, -0.1) is 0 Å². The van der Waals surface area contributed by atoms with Gasteiger partial charge in [0.2, 0.25) is 0 Å². The van der Waals surface area contributed by atoms with Crippen molar-refractivity contribution in [2.45, 2.75) is 31.2 Å². The number of aliphatic hydroxyl groups excluding tert-OH is 3. The minimum absolute atomic E-state index is 0.172. The van der Waals surface area contributed by atoms with E-state index in [-0.39, 0.29) is 12.2 Å². The molecule has 76 valence electrons. The van der Waals surface area contributed by atoms with E-state index in [1.54, 1.807) is 0 Å². The van der Waals surface area contributed by atoms with Crippen molar-refractivity contribution in [3.05, 3.63) is 0 Å². The van der Waals surface area contributed by atoms with Crippen LogP contribution in [-0.4, -0.2) is 50.6 Å². The highest BCUT2D eigenvalue weighted by Crippen LogP contribution is 2.47.